The molecule has 3 N–H and O–H groups in total. The highest BCUT2D eigenvalue weighted by atomic mass is 127. The predicted octanol–water partition coefficient (Wildman–Crippen LogP) is 0.125. The van der Waals surface area contributed by atoms with Crippen LogP contribution < -0.4 is 5.32 Å². The van der Waals surface area contributed by atoms with Gasteiger partial charge in [0.2, 0.25) is 0 Å². The van der Waals surface area contributed by atoms with Gasteiger partial charge in [0.1, 0.15) is 5.69 Å². The van der Waals surface area contributed by atoms with Gasteiger partial charge in [-0.25, -0.2) is 0 Å². The number of aliphatic hydroxyl groups is 1. The molecule has 1 aromatic heterocycles. The van der Waals surface area contributed by atoms with Gasteiger partial charge in [-0.1, -0.05) is 0 Å². The van der Waals surface area contributed by atoms with Gasteiger partial charge in [-0.05, 0) is 29.5 Å². The first-order valence-electron chi connectivity index (χ1n) is 3.75. The number of carbonyl (C=O) groups excluding carboxylic acids is 1. The van der Waals surface area contributed by atoms with Gasteiger partial charge in [-0.15, -0.1) is 0 Å². The lowest BCUT2D eigenvalue weighted by atomic mass is 10.3. The average molecular weight is 295 g/mol. The number of H-pyrrole nitrogens is 1. The number of hydrogen-bond donors (Lipinski definition) is 3. The van der Waals surface area contributed by atoms with E-state index in [-0.39, 0.29) is 18.6 Å². The Morgan fingerprint density at radius 3 is 3.08 bits per heavy atom. The molecule has 0 saturated carbocycles. The van der Waals surface area contributed by atoms with Crippen molar-refractivity contribution in [2.75, 3.05) is 6.61 Å². The first kappa shape index (κ1) is 10.5. The number of carbonyl (C=O) groups is 1. The van der Waals surface area contributed by atoms with Crippen molar-refractivity contribution in [3.63, 3.8) is 0 Å². The van der Waals surface area contributed by atoms with Crippen LogP contribution in [0.1, 0.15) is 17.4 Å². The molecule has 0 aliphatic heterocycles. The molecule has 1 rings (SSSR count). The number of rotatable bonds is 3. The summed E-state index contributed by atoms with van der Waals surface area (Å²) in [6.45, 7) is 1.65. The van der Waals surface area contributed by atoms with E-state index in [0.29, 0.717) is 5.69 Å². The van der Waals surface area contributed by atoms with E-state index in [0.717, 1.165) is 3.57 Å². The minimum atomic E-state index is -0.247. The molecule has 0 aliphatic carbocycles. The maximum atomic E-state index is 11.4. The highest BCUT2D eigenvalue weighted by molar-refractivity contribution is 14.1. The summed E-state index contributed by atoms with van der Waals surface area (Å²) in [5.41, 5.74) is 0.431. The monoisotopic (exact) mass is 295 g/mol. The van der Waals surface area contributed by atoms with Gasteiger partial charge < -0.3 is 10.4 Å². The summed E-state index contributed by atoms with van der Waals surface area (Å²) in [6, 6.07) is -0.244. The van der Waals surface area contributed by atoms with Crippen LogP contribution in [-0.4, -0.2) is 33.9 Å². The summed E-state index contributed by atoms with van der Waals surface area (Å²) in [4.78, 5) is 11.4. The quantitative estimate of drug-likeness (QED) is 0.693. The third-order valence-electron chi connectivity index (χ3n) is 1.47. The fraction of sp³-hybridized carbons (Fsp3) is 0.429. The van der Waals surface area contributed by atoms with E-state index in [1.54, 1.807) is 13.1 Å². The third-order valence-corrected chi connectivity index (χ3v) is 2.29. The van der Waals surface area contributed by atoms with Crippen LogP contribution in [0.3, 0.4) is 0 Å². The molecule has 13 heavy (non-hydrogen) atoms. The molecule has 72 valence electrons. The van der Waals surface area contributed by atoms with E-state index in [1.165, 1.54) is 0 Å². The Morgan fingerprint density at radius 1 is 1.92 bits per heavy atom. The molecule has 0 bridgehead atoms. The zero-order chi connectivity index (χ0) is 9.84. The molecule has 0 fully saturated rings. The number of aromatic nitrogens is 2. The van der Waals surface area contributed by atoms with Crippen LogP contribution in [-0.2, 0) is 0 Å². The van der Waals surface area contributed by atoms with Crippen molar-refractivity contribution in [3.05, 3.63) is 15.5 Å². The molecule has 0 aromatic carbocycles. The Bertz CT molecular complexity index is 300. The summed E-state index contributed by atoms with van der Waals surface area (Å²) in [6.07, 6.45) is 1.57. The number of amides is 1. The highest BCUT2D eigenvalue weighted by Crippen LogP contribution is 2.07. The maximum absolute atomic E-state index is 11.4. The lowest BCUT2D eigenvalue weighted by Gasteiger charge is -2.09. The van der Waals surface area contributed by atoms with Gasteiger partial charge >= 0.3 is 0 Å². The molecule has 1 unspecified atom stereocenters. The molecule has 0 radical (unpaired) electrons. The van der Waals surface area contributed by atoms with Crippen molar-refractivity contribution in [3.8, 4) is 0 Å². The molecular weight excluding hydrogens is 285 g/mol. The summed E-state index contributed by atoms with van der Waals surface area (Å²) in [5.74, 6) is -0.247. The fourth-order valence-corrected chi connectivity index (χ4v) is 1.28. The van der Waals surface area contributed by atoms with Crippen molar-refractivity contribution >= 4 is 28.5 Å². The second-order valence-corrected chi connectivity index (χ2v) is 3.81. The molecule has 1 aromatic rings. The number of aliphatic hydroxyl groups excluding tert-OH is 1. The standard InChI is InChI=1S/C7H10IN3O2/c1-4(3-12)10-7(13)6-5(8)2-9-11-6/h2,4,12H,3H2,1H3,(H,9,11)(H,10,13). The van der Waals surface area contributed by atoms with Crippen molar-refractivity contribution in [2.24, 2.45) is 0 Å². The van der Waals surface area contributed by atoms with E-state index in [9.17, 15) is 4.79 Å². The minimum Gasteiger partial charge on any atom is -0.394 e. The first-order valence-corrected chi connectivity index (χ1v) is 4.83. The molecule has 6 heteroatoms. The van der Waals surface area contributed by atoms with Crippen LogP contribution >= 0.6 is 22.6 Å². The molecular formula is C7H10IN3O2. The van der Waals surface area contributed by atoms with Gasteiger partial charge in [0.25, 0.3) is 5.91 Å². The predicted molar refractivity (Wildman–Crippen MR) is 55.3 cm³/mol. The van der Waals surface area contributed by atoms with Crippen LogP contribution in [0.5, 0.6) is 0 Å². The van der Waals surface area contributed by atoms with E-state index < -0.39 is 0 Å². The normalized spacial score (nSPS) is 12.5. The number of aromatic amines is 1. The first-order chi connectivity index (χ1) is 6.15. The van der Waals surface area contributed by atoms with E-state index in [1.807, 2.05) is 22.6 Å². The van der Waals surface area contributed by atoms with Crippen LogP contribution in [0.2, 0.25) is 0 Å². The Balaban J connectivity index is 2.64. The van der Waals surface area contributed by atoms with Crippen LogP contribution in [0.4, 0.5) is 0 Å². The summed E-state index contributed by atoms with van der Waals surface area (Å²) >= 11 is 2.01. The topological polar surface area (TPSA) is 78.0 Å². The molecule has 0 aliphatic rings. The Morgan fingerprint density at radius 2 is 2.62 bits per heavy atom. The van der Waals surface area contributed by atoms with E-state index >= 15 is 0 Å². The van der Waals surface area contributed by atoms with E-state index in [2.05, 4.69) is 15.5 Å². The number of hydrogen-bond acceptors (Lipinski definition) is 3. The van der Waals surface area contributed by atoms with Crippen molar-refractivity contribution in [1.29, 1.82) is 0 Å². The van der Waals surface area contributed by atoms with Gasteiger partial charge in [-0.2, -0.15) is 5.10 Å². The smallest absolute Gasteiger partial charge is 0.270 e. The summed E-state index contributed by atoms with van der Waals surface area (Å²) in [5, 5.41) is 17.6. The van der Waals surface area contributed by atoms with Gasteiger partial charge in [0.15, 0.2) is 0 Å². The van der Waals surface area contributed by atoms with Crippen molar-refractivity contribution < 1.29 is 9.90 Å². The Labute approximate surface area is 89.1 Å². The fourth-order valence-electron chi connectivity index (χ4n) is 0.772. The summed E-state index contributed by atoms with van der Waals surface area (Å²) in [7, 11) is 0. The Hall–Kier alpha value is -0.630. The number of halogens is 1. The lowest BCUT2D eigenvalue weighted by molar-refractivity contribution is 0.0916. The minimum absolute atomic E-state index is 0.0730. The number of nitrogens with one attached hydrogen (secondary N) is 2. The maximum Gasteiger partial charge on any atom is 0.270 e. The second-order valence-electron chi connectivity index (χ2n) is 2.65. The van der Waals surface area contributed by atoms with Gasteiger partial charge in [-0.3, -0.25) is 9.89 Å². The third kappa shape index (κ3) is 2.66. The van der Waals surface area contributed by atoms with Crippen LogP contribution in [0.25, 0.3) is 0 Å². The molecule has 1 amide bonds. The average Bonchev–Trinajstić information content (AvgIpc) is 2.51. The Kier molecular flexibility index (Phi) is 3.67. The molecule has 1 heterocycles. The van der Waals surface area contributed by atoms with Crippen LogP contribution in [0, 0.1) is 3.57 Å². The SMILES string of the molecule is CC(CO)NC(=O)c1[nH]ncc1I. The molecule has 0 spiro atoms. The molecule has 1 atom stereocenters. The second kappa shape index (κ2) is 4.56. The van der Waals surface area contributed by atoms with Gasteiger partial charge in [0.05, 0.1) is 16.4 Å². The summed E-state index contributed by atoms with van der Waals surface area (Å²) < 4.78 is 0.764. The number of nitrogens with zero attached hydrogens (tertiary/aromatic N) is 1. The van der Waals surface area contributed by atoms with Crippen LogP contribution in [0.15, 0.2) is 6.20 Å². The lowest BCUT2D eigenvalue weighted by Crippen LogP contribution is -2.35. The zero-order valence-electron chi connectivity index (χ0n) is 7.04. The largest absolute Gasteiger partial charge is 0.394 e. The van der Waals surface area contributed by atoms with Gasteiger partial charge in [0, 0.05) is 6.04 Å². The molecule has 0 saturated heterocycles. The van der Waals surface area contributed by atoms with Crippen molar-refractivity contribution in [1.82, 2.24) is 15.5 Å². The van der Waals surface area contributed by atoms with Crippen molar-refractivity contribution in [2.45, 2.75) is 13.0 Å². The zero-order valence-corrected chi connectivity index (χ0v) is 9.20. The molecule has 5 nitrogen and oxygen atoms in total. The van der Waals surface area contributed by atoms with E-state index in [4.69, 9.17) is 5.11 Å². The highest BCUT2D eigenvalue weighted by Gasteiger charge is 2.13.